The number of likely N-dealkylation sites (tertiary alicyclic amines) is 1. The van der Waals surface area contributed by atoms with Crippen LogP contribution in [-0.2, 0) is 11.3 Å². The van der Waals surface area contributed by atoms with E-state index in [1.54, 1.807) is 13.0 Å². The second-order valence-corrected chi connectivity index (χ2v) is 7.33. The first-order valence-electron chi connectivity index (χ1n) is 9.50. The molecule has 0 bridgehead atoms. The second-order valence-electron chi connectivity index (χ2n) is 7.33. The van der Waals surface area contributed by atoms with Crippen LogP contribution < -0.4 is 5.32 Å². The number of amides is 1. The summed E-state index contributed by atoms with van der Waals surface area (Å²) in [6.45, 7) is 3.97. The maximum atomic E-state index is 13.6. The third kappa shape index (κ3) is 5.37. The van der Waals surface area contributed by atoms with Crippen LogP contribution in [0, 0.1) is 18.7 Å². The number of aryl methyl sites for hydroxylation is 1. The molecule has 27 heavy (non-hydrogen) atoms. The Balaban J connectivity index is 1.42. The fraction of sp³-hybridized carbons (Fsp3) is 0.409. The van der Waals surface area contributed by atoms with Crippen LogP contribution in [0.3, 0.4) is 0 Å². The molecule has 1 atom stereocenters. The first kappa shape index (κ1) is 19.5. The van der Waals surface area contributed by atoms with Crippen molar-refractivity contribution in [3.05, 3.63) is 71.0 Å². The van der Waals surface area contributed by atoms with E-state index >= 15 is 0 Å². The van der Waals surface area contributed by atoms with Gasteiger partial charge in [-0.1, -0.05) is 42.5 Å². The summed E-state index contributed by atoms with van der Waals surface area (Å²) < 4.78 is 13.6. The fourth-order valence-corrected chi connectivity index (χ4v) is 3.56. The van der Waals surface area contributed by atoms with Crippen LogP contribution in [0.2, 0.25) is 0 Å². The number of benzene rings is 2. The van der Waals surface area contributed by atoms with E-state index in [0.717, 1.165) is 37.1 Å². The molecule has 2 aromatic rings. The number of hydrogen-bond acceptors (Lipinski definition) is 3. The van der Waals surface area contributed by atoms with Gasteiger partial charge in [-0.15, -0.1) is 0 Å². The van der Waals surface area contributed by atoms with Crippen LogP contribution in [0.5, 0.6) is 0 Å². The van der Waals surface area contributed by atoms with Crippen molar-refractivity contribution < 1.29 is 14.3 Å². The Morgan fingerprint density at radius 1 is 1.22 bits per heavy atom. The third-order valence-corrected chi connectivity index (χ3v) is 5.31. The summed E-state index contributed by atoms with van der Waals surface area (Å²) in [4.78, 5) is 14.3. The van der Waals surface area contributed by atoms with Gasteiger partial charge in [0.1, 0.15) is 5.82 Å². The lowest BCUT2D eigenvalue weighted by atomic mass is 9.87. The molecule has 1 aliphatic rings. The molecule has 144 valence electrons. The third-order valence-electron chi connectivity index (χ3n) is 5.31. The van der Waals surface area contributed by atoms with Gasteiger partial charge in [-0.3, -0.25) is 9.69 Å². The van der Waals surface area contributed by atoms with Crippen molar-refractivity contribution in [3.63, 3.8) is 0 Å². The number of carbonyl (C=O) groups is 1. The molecular formula is C22H27FN2O2. The number of aliphatic hydroxyl groups is 1. The zero-order valence-corrected chi connectivity index (χ0v) is 15.7. The van der Waals surface area contributed by atoms with Crippen LogP contribution in [0.4, 0.5) is 4.39 Å². The van der Waals surface area contributed by atoms with Gasteiger partial charge >= 0.3 is 0 Å². The minimum Gasteiger partial charge on any atom is -0.388 e. The van der Waals surface area contributed by atoms with Crippen molar-refractivity contribution in [1.82, 2.24) is 10.2 Å². The highest BCUT2D eigenvalue weighted by Crippen LogP contribution is 2.30. The van der Waals surface area contributed by atoms with Gasteiger partial charge in [0.25, 0.3) is 0 Å². The van der Waals surface area contributed by atoms with Crippen LogP contribution in [-0.4, -0.2) is 35.5 Å². The Morgan fingerprint density at radius 3 is 2.59 bits per heavy atom. The van der Waals surface area contributed by atoms with E-state index in [2.05, 4.69) is 10.2 Å². The predicted octanol–water partition coefficient (Wildman–Crippen LogP) is 3.20. The normalized spacial score (nSPS) is 16.9. The summed E-state index contributed by atoms with van der Waals surface area (Å²) >= 11 is 0. The number of halogens is 1. The summed E-state index contributed by atoms with van der Waals surface area (Å²) in [5, 5.41) is 13.4. The smallest absolute Gasteiger partial charge is 0.234 e. The predicted molar refractivity (Wildman–Crippen MR) is 104 cm³/mol. The van der Waals surface area contributed by atoms with Crippen LogP contribution in [0.15, 0.2) is 48.5 Å². The van der Waals surface area contributed by atoms with E-state index in [1.165, 1.54) is 6.07 Å². The van der Waals surface area contributed by atoms with E-state index in [1.807, 2.05) is 36.4 Å². The minimum atomic E-state index is -0.446. The maximum Gasteiger partial charge on any atom is 0.234 e. The van der Waals surface area contributed by atoms with E-state index in [-0.39, 0.29) is 17.6 Å². The Bertz CT molecular complexity index is 758. The summed E-state index contributed by atoms with van der Waals surface area (Å²) in [6.07, 6.45) is 1.29. The van der Waals surface area contributed by atoms with Crippen LogP contribution in [0.25, 0.3) is 0 Å². The Morgan fingerprint density at radius 2 is 1.93 bits per heavy atom. The van der Waals surface area contributed by atoms with Crippen molar-refractivity contribution in [1.29, 1.82) is 0 Å². The largest absolute Gasteiger partial charge is 0.388 e. The van der Waals surface area contributed by atoms with Crippen LogP contribution in [0.1, 0.15) is 35.6 Å². The zero-order valence-electron chi connectivity index (χ0n) is 15.7. The van der Waals surface area contributed by atoms with Gasteiger partial charge in [-0.05, 0) is 61.5 Å². The molecule has 2 aromatic carbocycles. The van der Waals surface area contributed by atoms with Gasteiger partial charge in [0.05, 0.1) is 12.6 Å². The van der Waals surface area contributed by atoms with Gasteiger partial charge < -0.3 is 10.4 Å². The second kappa shape index (κ2) is 9.11. The van der Waals surface area contributed by atoms with Crippen molar-refractivity contribution in [3.8, 4) is 0 Å². The number of aliphatic hydroxyl groups excluding tert-OH is 1. The van der Waals surface area contributed by atoms with E-state index in [0.29, 0.717) is 18.7 Å². The van der Waals surface area contributed by atoms with E-state index in [4.69, 9.17) is 0 Å². The molecule has 0 radical (unpaired) electrons. The van der Waals surface area contributed by atoms with E-state index < -0.39 is 6.10 Å². The molecule has 4 nitrogen and oxygen atoms in total. The van der Waals surface area contributed by atoms with Gasteiger partial charge in [0, 0.05) is 6.54 Å². The van der Waals surface area contributed by atoms with Crippen molar-refractivity contribution in [2.75, 3.05) is 19.6 Å². The Kier molecular flexibility index (Phi) is 6.58. The topological polar surface area (TPSA) is 52.6 Å². The monoisotopic (exact) mass is 370 g/mol. The number of nitrogens with zero attached hydrogens (tertiary/aromatic N) is 1. The summed E-state index contributed by atoms with van der Waals surface area (Å²) in [6, 6.07) is 14.8. The first-order chi connectivity index (χ1) is 13.0. The number of piperidine rings is 1. The molecule has 1 amide bonds. The minimum absolute atomic E-state index is 0.0574. The molecular weight excluding hydrogens is 343 g/mol. The highest BCUT2D eigenvalue weighted by Gasteiger charge is 2.26. The lowest BCUT2D eigenvalue weighted by Crippen LogP contribution is -2.42. The summed E-state index contributed by atoms with van der Waals surface area (Å²) in [7, 11) is 0. The van der Waals surface area contributed by atoms with Gasteiger partial charge in [-0.25, -0.2) is 4.39 Å². The van der Waals surface area contributed by atoms with Gasteiger partial charge in [-0.2, -0.15) is 0 Å². The first-order valence-corrected chi connectivity index (χ1v) is 9.50. The molecule has 1 saturated heterocycles. The molecule has 2 N–H and O–H groups in total. The van der Waals surface area contributed by atoms with Crippen molar-refractivity contribution in [2.24, 2.45) is 5.92 Å². The standard InChI is InChI=1S/C22H27FN2O2/c1-16-7-8-17(13-20(16)23)14-24-21(26)15-25-11-9-19(10-12-25)22(27)18-5-3-2-4-6-18/h2-8,13,19,22,27H,9-12,14-15H2,1H3,(H,24,26)/t22-/m0/s1. The number of hydrogen-bond donors (Lipinski definition) is 2. The fourth-order valence-electron chi connectivity index (χ4n) is 3.56. The molecule has 1 heterocycles. The Labute approximate surface area is 160 Å². The zero-order chi connectivity index (χ0) is 19.2. The lowest BCUT2D eigenvalue weighted by Gasteiger charge is -2.34. The number of nitrogens with one attached hydrogen (secondary N) is 1. The number of rotatable bonds is 6. The molecule has 0 unspecified atom stereocenters. The lowest BCUT2D eigenvalue weighted by molar-refractivity contribution is -0.122. The molecule has 0 spiro atoms. The summed E-state index contributed by atoms with van der Waals surface area (Å²) in [5.74, 6) is -0.0823. The van der Waals surface area contributed by atoms with Crippen molar-refractivity contribution >= 4 is 5.91 Å². The van der Waals surface area contributed by atoms with Crippen LogP contribution >= 0.6 is 0 Å². The molecule has 1 fully saturated rings. The molecule has 0 saturated carbocycles. The SMILES string of the molecule is Cc1ccc(CNC(=O)CN2CCC([C@@H](O)c3ccccc3)CC2)cc1F. The molecule has 0 aromatic heterocycles. The highest BCUT2D eigenvalue weighted by molar-refractivity contribution is 5.78. The van der Waals surface area contributed by atoms with Crippen molar-refractivity contribution in [2.45, 2.75) is 32.4 Å². The number of carbonyl (C=O) groups excluding carboxylic acids is 1. The quantitative estimate of drug-likeness (QED) is 0.821. The molecule has 3 rings (SSSR count). The van der Waals surface area contributed by atoms with Gasteiger partial charge in [0.15, 0.2) is 0 Å². The molecule has 0 aliphatic carbocycles. The average molecular weight is 370 g/mol. The average Bonchev–Trinajstić information content (AvgIpc) is 2.69. The maximum absolute atomic E-state index is 13.6. The molecule has 5 heteroatoms. The highest BCUT2D eigenvalue weighted by atomic mass is 19.1. The Hall–Kier alpha value is -2.24. The molecule has 1 aliphatic heterocycles. The van der Waals surface area contributed by atoms with Gasteiger partial charge in [0.2, 0.25) is 5.91 Å². The summed E-state index contributed by atoms with van der Waals surface area (Å²) in [5.41, 5.74) is 2.32. The van der Waals surface area contributed by atoms with E-state index in [9.17, 15) is 14.3 Å².